The molecule has 0 aliphatic carbocycles. The van der Waals surface area contributed by atoms with Gasteiger partial charge in [0.05, 0.1) is 10.0 Å². The largest absolute Gasteiger partial charge is 0.368 e. The standard InChI is InChI=1S/C18H11Cl2FN2O4/c1-9-14(16(22-26-9)15-12(19)3-2-4-13(15)20)18(25)27-23-17(24)10-5-7-11(21)8-6-10/h2-8H,1H3,(H,23,24). The van der Waals surface area contributed by atoms with Crippen LogP contribution in [0.3, 0.4) is 0 Å². The lowest BCUT2D eigenvalue weighted by Crippen LogP contribution is -2.27. The van der Waals surface area contributed by atoms with Gasteiger partial charge in [0.1, 0.15) is 22.8 Å². The second kappa shape index (κ2) is 7.77. The number of rotatable bonds is 3. The highest BCUT2D eigenvalue weighted by Crippen LogP contribution is 2.36. The molecule has 0 spiro atoms. The van der Waals surface area contributed by atoms with Crippen LogP contribution in [0.4, 0.5) is 4.39 Å². The van der Waals surface area contributed by atoms with Crippen molar-refractivity contribution in [2.24, 2.45) is 0 Å². The number of hydrogen-bond acceptors (Lipinski definition) is 5. The van der Waals surface area contributed by atoms with Crippen LogP contribution >= 0.6 is 23.2 Å². The van der Waals surface area contributed by atoms with Crippen LogP contribution < -0.4 is 5.48 Å². The highest BCUT2D eigenvalue weighted by Gasteiger charge is 2.26. The Kier molecular flexibility index (Phi) is 5.43. The molecule has 0 saturated heterocycles. The maximum absolute atomic E-state index is 12.9. The third-order valence-electron chi connectivity index (χ3n) is 3.61. The number of benzene rings is 2. The lowest BCUT2D eigenvalue weighted by Gasteiger charge is -2.08. The van der Waals surface area contributed by atoms with E-state index in [4.69, 9.17) is 32.6 Å². The number of carbonyl (C=O) groups excluding carboxylic acids is 2. The van der Waals surface area contributed by atoms with Gasteiger partial charge in [-0.05, 0) is 43.3 Å². The minimum absolute atomic E-state index is 0.0376. The van der Waals surface area contributed by atoms with E-state index in [2.05, 4.69) is 5.16 Å². The Labute approximate surface area is 162 Å². The molecule has 0 fully saturated rings. The van der Waals surface area contributed by atoms with Crippen LogP contribution in [0, 0.1) is 12.7 Å². The summed E-state index contributed by atoms with van der Waals surface area (Å²) in [6.45, 7) is 1.50. The maximum Gasteiger partial charge on any atom is 0.368 e. The van der Waals surface area contributed by atoms with Crippen molar-refractivity contribution in [3.05, 3.63) is 75.2 Å². The first-order chi connectivity index (χ1) is 12.9. The molecule has 1 heterocycles. The fraction of sp³-hybridized carbons (Fsp3) is 0.0556. The Hall–Kier alpha value is -2.90. The zero-order valence-electron chi connectivity index (χ0n) is 13.8. The van der Waals surface area contributed by atoms with E-state index in [9.17, 15) is 14.0 Å². The van der Waals surface area contributed by atoms with E-state index < -0.39 is 17.7 Å². The summed E-state index contributed by atoms with van der Waals surface area (Å²) in [6.07, 6.45) is 0. The monoisotopic (exact) mass is 408 g/mol. The quantitative estimate of drug-likeness (QED) is 0.640. The van der Waals surface area contributed by atoms with E-state index in [-0.39, 0.29) is 32.6 Å². The van der Waals surface area contributed by atoms with Gasteiger partial charge in [-0.15, -0.1) is 0 Å². The van der Waals surface area contributed by atoms with Crippen molar-refractivity contribution >= 4 is 35.1 Å². The van der Waals surface area contributed by atoms with Gasteiger partial charge in [-0.2, -0.15) is 5.48 Å². The van der Waals surface area contributed by atoms with Gasteiger partial charge >= 0.3 is 5.97 Å². The first-order valence-electron chi connectivity index (χ1n) is 7.56. The molecule has 0 unspecified atom stereocenters. The fourth-order valence-corrected chi connectivity index (χ4v) is 2.89. The lowest BCUT2D eigenvalue weighted by atomic mass is 10.1. The number of nitrogens with zero attached hydrogens (tertiary/aromatic N) is 1. The Morgan fingerprint density at radius 2 is 1.74 bits per heavy atom. The summed E-state index contributed by atoms with van der Waals surface area (Å²) in [4.78, 5) is 29.3. The van der Waals surface area contributed by atoms with E-state index in [1.54, 1.807) is 18.2 Å². The molecule has 2 aromatic carbocycles. The van der Waals surface area contributed by atoms with Crippen molar-refractivity contribution in [1.82, 2.24) is 10.6 Å². The fourth-order valence-electron chi connectivity index (χ4n) is 2.31. The molecule has 0 aliphatic rings. The number of halogens is 3. The molecule has 0 atom stereocenters. The van der Waals surface area contributed by atoms with Crippen molar-refractivity contribution in [2.75, 3.05) is 0 Å². The molecular weight excluding hydrogens is 398 g/mol. The molecule has 1 aromatic heterocycles. The molecular formula is C18H11Cl2FN2O4. The summed E-state index contributed by atoms with van der Waals surface area (Å²) in [6, 6.07) is 9.52. The van der Waals surface area contributed by atoms with Gasteiger partial charge in [0.25, 0.3) is 5.91 Å². The Bertz CT molecular complexity index is 998. The minimum atomic E-state index is -0.921. The molecule has 0 radical (unpaired) electrons. The lowest BCUT2D eigenvalue weighted by molar-refractivity contribution is 0.0229. The van der Waals surface area contributed by atoms with Gasteiger partial charge in [0, 0.05) is 11.1 Å². The zero-order valence-corrected chi connectivity index (χ0v) is 15.3. The second-order valence-corrected chi connectivity index (χ2v) is 6.20. The van der Waals surface area contributed by atoms with E-state index in [0.29, 0.717) is 5.56 Å². The van der Waals surface area contributed by atoms with Crippen LogP contribution in [-0.4, -0.2) is 17.0 Å². The van der Waals surface area contributed by atoms with Crippen LogP contribution in [0.25, 0.3) is 11.3 Å². The summed E-state index contributed by atoms with van der Waals surface area (Å²) in [5.41, 5.74) is 2.46. The van der Waals surface area contributed by atoms with E-state index >= 15 is 0 Å². The predicted molar refractivity (Wildman–Crippen MR) is 96.0 cm³/mol. The number of aromatic nitrogens is 1. The van der Waals surface area contributed by atoms with Crippen molar-refractivity contribution in [2.45, 2.75) is 6.92 Å². The Balaban J connectivity index is 1.83. The summed E-state index contributed by atoms with van der Waals surface area (Å²) in [7, 11) is 0. The smallest absolute Gasteiger partial charge is 0.360 e. The highest BCUT2D eigenvalue weighted by molar-refractivity contribution is 6.39. The third kappa shape index (κ3) is 3.94. The first kappa shape index (κ1) is 18.9. The minimum Gasteiger partial charge on any atom is -0.360 e. The maximum atomic E-state index is 12.9. The normalized spacial score (nSPS) is 10.5. The molecule has 1 N–H and O–H groups in total. The van der Waals surface area contributed by atoms with Gasteiger partial charge in [0.2, 0.25) is 0 Å². The average Bonchev–Trinajstić information content (AvgIpc) is 3.01. The molecule has 0 bridgehead atoms. The number of nitrogens with one attached hydrogen (secondary N) is 1. The van der Waals surface area contributed by atoms with Gasteiger partial charge in [0.15, 0.2) is 0 Å². The molecule has 3 rings (SSSR count). The summed E-state index contributed by atoms with van der Waals surface area (Å²) >= 11 is 12.3. The molecule has 6 nitrogen and oxygen atoms in total. The molecule has 138 valence electrons. The van der Waals surface area contributed by atoms with E-state index in [1.807, 2.05) is 5.48 Å². The van der Waals surface area contributed by atoms with Crippen LogP contribution in [0.15, 0.2) is 47.0 Å². The van der Waals surface area contributed by atoms with E-state index in [0.717, 1.165) is 12.1 Å². The molecule has 1 amide bonds. The second-order valence-electron chi connectivity index (χ2n) is 5.39. The molecule has 0 aliphatic heterocycles. The average molecular weight is 409 g/mol. The van der Waals surface area contributed by atoms with Crippen molar-refractivity contribution < 1.29 is 23.3 Å². The molecule has 3 aromatic rings. The summed E-state index contributed by atoms with van der Waals surface area (Å²) < 4.78 is 18.0. The van der Waals surface area contributed by atoms with Gasteiger partial charge in [-0.25, -0.2) is 9.18 Å². The van der Waals surface area contributed by atoms with Crippen LogP contribution in [0.2, 0.25) is 10.0 Å². The molecule has 27 heavy (non-hydrogen) atoms. The Morgan fingerprint density at radius 3 is 2.37 bits per heavy atom. The SMILES string of the molecule is Cc1onc(-c2c(Cl)cccc2Cl)c1C(=O)ONC(=O)c1ccc(F)cc1. The first-order valence-corrected chi connectivity index (χ1v) is 8.32. The van der Waals surface area contributed by atoms with Crippen molar-refractivity contribution in [1.29, 1.82) is 0 Å². The number of carbonyl (C=O) groups is 2. The van der Waals surface area contributed by atoms with Crippen molar-refractivity contribution in [3.8, 4) is 11.3 Å². The number of hydrogen-bond donors (Lipinski definition) is 1. The number of hydroxylamine groups is 1. The molecule has 9 heteroatoms. The molecule has 0 saturated carbocycles. The number of aryl methyl sites for hydroxylation is 1. The van der Waals surface area contributed by atoms with Gasteiger partial charge in [-0.1, -0.05) is 34.4 Å². The van der Waals surface area contributed by atoms with E-state index in [1.165, 1.54) is 19.1 Å². The highest BCUT2D eigenvalue weighted by atomic mass is 35.5. The third-order valence-corrected chi connectivity index (χ3v) is 4.24. The summed E-state index contributed by atoms with van der Waals surface area (Å²) in [5, 5.41) is 4.35. The van der Waals surface area contributed by atoms with Crippen LogP contribution in [-0.2, 0) is 4.84 Å². The zero-order chi connectivity index (χ0) is 19.6. The predicted octanol–water partition coefficient (Wildman–Crippen LogP) is 4.60. The summed E-state index contributed by atoms with van der Waals surface area (Å²) in [5.74, 6) is -1.99. The van der Waals surface area contributed by atoms with Gasteiger partial charge < -0.3 is 9.36 Å². The number of amides is 1. The van der Waals surface area contributed by atoms with Crippen LogP contribution in [0.1, 0.15) is 26.5 Å². The Morgan fingerprint density at radius 1 is 1.11 bits per heavy atom. The van der Waals surface area contributed by atoms with Crippen molar-refractivity contribution in [3.63, 3.8) is 0 Å². The topological polar surface area (TPSA) is 81.4 Å². The van der Waals surface area contributed by atoms with Gasteiger partial charge in [-0.3, -0.25) is 4.79 Å². The van der Waals surface area contributed by atoms with Crippen LogP contribution in [0.5, 0.6) is 0 Å².